The Morgan fingerprint density at radius 1 is 0.800 bits per heavy atom. The van der Waals surface area contributed by atoms with Crippen LogP contribution in [0.25, 0.3) is 16.5 Å². The number of allylic oxidation sites excluding steroid dienone is 2. The second-order valence-electron chi connectivity index (χ2n) is 8.24. The van der Waals surface area contributed by atoms with Gasteiger partial charge in [-0.3, -0.25) is 9.59 Å². The van der Waals surface area contributed by atoms with Crippen LogP contribution < -0.4 is 0 Å². The van der Waals surface area contributed by atoms with Crippen LogP contribution in [-0.2, 0) is 11.3 Å². The summed E-state index contributed by atoms with van der Waals surface area (Å²) in [5, 5.41) is 0.887. The molecule has 0 unspecified atom stereocenters. The number of aromatic nitrogens is 1. The number of Topliss-reactive ketones (excluding diaryl/α,β-unsaturated/α-hetero) is 2. The second-order valence-corrected chi connectivity index (χ2v) is 8.24. The molecule has 1 aliphatic carbocycles. The smallest absolute Gasteiger partial charge is 0.235 e. The summed E-state index contributed by atoms with van der Waals surface area (Å²) in [5.74, 6) is -0.700. The van der Waals surface area contributed by atoms with Crippen molar-refractivity contribution in [2.24, 2.45) is 0 Å². The van der Waals surface area contributed by atoms with Crippen LogP contribution in [0.4, 0.5) is 0 Å². The number of fused-ring (bicyclic) bond motifs is 3. The van der Waals surface area contributed by atoms with Gasteiger partial charge in [0.05, 0.1) is 11.3 Å². The number of ketones is 2. The van der Waals surface area contributed by atoms with E-state index in [0.29, 0.717) is 17.7 Å². The van der Waals surface area contributed by atoms with Gasteiger partial charge in [0.2, 0.25) is 11.6 Å². The summed E-state index contributed by atoms with van der Waals surface area (Å²) in [7, 11) is 0. The first-order valence-electron chi connectivity index (χ1n) is 11.1. The van der Waals surface area contributed by atoms with Crippen molar-refractivity contribution in [3.8, 4) is 0 Å². The van der Waals surface area contributed by atoms with Crippen molar-refractivity contribution in [1.29, 1.82) is 0 Å². The molecule has 0 atom stereocenters. The fourth-order valence-electron chi connectivity index (χ4n) is 4.59. The second kappa shape index (κ2) is 8.83. The van der Waals surface area contributed by atoms with Crippen molar-refractivity contribution < 1.29 is 9.59 Å². The lowest BCUT2D eigenvalue weighted by Gasteiger charge is -2.21. The SMILES string of the molecule is CCCCCCCC1=C(C)C(=O)C(=O)c2c1n(Cc1ccccc1)c1ccccc21. The first-order valence-corrected chi connectivity index (χ1v) is 11.1. The molecular weight excluding hydrogens is 370 g/mol. The van der Waals surface area contributed by atoms with Gasteiger partial charge in [-0.25, -0.2) is 0 Å². The topological polar surface area (TPSA) is 39.1 Å². The van der Waals surface area contributed by atoms with Crippen LogP contribution in [0.15, 0.2) is 60.2 Å². The minimum Gasteiger partial charge on any atom is -0.336 e. The van der Waals surface area contributed by atoms with Gasteiger partial charge in [0.25, 0.3) is 0 Å². The number of nitrogens with zero attached hydrogens (tertiary/aromatic N) is 1. The Bertz CT molecular complexity index is 1120. The number of carbonyl (C=O) groups is 2. The quantitative estimate of drug-likeness (QED) is 0.317. The van der Waals surface area contributed by atoms with Crippen LogP contribution in [-0.4, -0.2) is 16.1 Å². The summed E-state index contributed by atoms with van der Waals surface area (Å²) in [5.41, 5.74) is 5.44. The van der Waals surface area contributed by atoms with Crippen molar-refractivity contribution in [1.82, 2.24) is 4.57 Å². The summed E-state index contributed by atoms with van der Waals surface area (Å²) in [6, 6.07) is 18.3. The van der Waals surface area contributed by atoms with Crippen molar-refractivity contribution in [2.45, 2.75) is 58.9 Å². The summed E-state index contributed by atoms with van der Waals surface area (Å²) < 4.78 is 2.25. The predicted molar refractivity (Wildman–Crippen MR) is 123 cm³/mol. The molecule has 0 saturated carbocycles. The van der Waals surface area contributed by atoms with E-state index in [1.165, 1.54) is 24.8 Å². The van der Waals surface area contributed by atoms with Crippen molar-refractivity contribution in [2.75, 3.05) is 0 Å². The molecule has 3 heteroatoms. The molecule has 3 nitrogen and oxygen atoms in total. The van der Waals surface area contributed by atoms with E-state index in [1.807, 2.05) is 43.3 Å². The summed E-state index contributed by atoms with van der Waals surface area (Å²) >= 11 is 0. The summed E-state index contributed by atoms with van der Waals surface area (Å²) in [6.07, 6.45) is 6.71. The first kappa shape index (κ1) is 20.3. The molecule has 30 heavy (non-hydrogen) atoms. The lowest BCUT2D eigenvalue weighted by molar-refractivity contribution is -0.111. The summed E-state index contributed by atoms with van der Waals surface area (Å²) in [6.45, 7) is 4.73. The van der Waals surface area contributed by atoms with Crippen LogP contribution in [0.2, 0.25) is 0 Å². The molecule has 154 valence electrons. The highest BCUT2D eigenvalue weighted by Gasteiger charge is 2.35. The molecule has 0 saturated heterocycles. The Hall–Kier alpha value is -2.94. The average Bonchev–Trinajstić information content (AvgIpc) is 3.09. The lowest BCUT2D eigenvalue weighted by Crippen LogP contribution is -2.23. The molecule has 0 amide bonds. The standard InChI is InChI=1S/C27H29NO2/c1-3-4-5-6-10-15-21-19(2)26(29)27(30)24-22-16-11-12-17-23(22)28(25(21)24)18-20-13-8-7-9-14-20/h7-9,11-14,16-17H,3-6,10,15,18H2,1-2H3. The molecule has 1 aliphatic rings. The molecule has 2 aromatic carbocycles. The van der Waals surface area contributed by atoms with Gasteiger partial charge in [-0.2, -0.15) is 0 Å². The number of para-hydroxylation sites is 1. The Labute approximate surface area is 178 Å². The van der Waals surface area contributed by atoms with Gasteiger partial charge in [-0.05, 0) is 37.0 Å². The zero-order valence-corrected chi connectivity index (χ0v) is 17.9. The molecule has 0 N–H and O–H groups in total. The van der Waals surface area contributed by atoms with E-state index in [4.69, 9.17) is 0 Å². The fourth-order valence-corrected chi connectivity index (χ4v) is 4.59. The maximum absolute atomic E-state index is 13.1. The van der Waals surface area contributed by atoms with Crippen LogP contribution in [0, 0.1) is 0 Å². The molecule has 3 aromatic rings. The number of unbranched alkanes of at least 4 members (excludes halogenated alkanes) is 4. The van der Waals surface area contributed by atoms with Gasteiger partial charge >= 0.3 is 0 Å². The Morgan fingerprint density at radius 2 is 1.50 bits per heavy atom. The molecule has 4 rings (SSSR count). The zero-order chi connectivity index (χ0) is 21.1. The Morgan fingerprint density at radius 3 is 2.27 bits per heavy atom. The molecule has 0 bridgehead atoms. The lowest BCUT2D eigenvalue weighted by atomic mass is 9.85. The van der Waals surface area contributed by atoms with E-state index in [-0.39, 0.29) is 11.6 Å². The van der Waals surface area contributed by atoms with Gasteiger partial charge < -0.3 is 4.57 Å². The maximum Gasteiger partial charge on any atom is 0.235 e. The third-order valence-corrected chi connectivity index (χ3v) is 6.20. The zero-order valence-electron chi connectivity index (χ0n) is 17.9. The number of carbonyl (C=O) groups excluding carboxylic acids is 2. The third-order valence-electron chi connectivity index (χ3n) is 6.20. The largest absolute Gasteiger partial charge is 0.336 e. The Balaban J connectivity index is 1.83. The minimum absolute atomic E-state index is 0.339. The molecule has 1 aromatic heterocycles. The van der Waals surface area contributed by atoms with Crippen molar-refractivity contribution in [3.63, 3.8) is 0 Å². The van der Waals surface area contributed by atoms with E-state index in [2.05, 4.69) is 29.7 Å². The van der Waals surface area contributed by atoms with E-state index in [0.717, 1.165) is 41.4 Å². The van der Waals surface area contributed by atoms with Gasteiger partial charge in [-0.15, -0.1) is 0 Å². The third kappa shape index (κ3) is 3.65. The Kier molecular flexibility index (Phi) is 5.98. The molecular formula is C27H29NO2. The first-order chi connectivity index (χ1) is 14.6. The number of rotatable bonds is 8. The van der Waals surface area contributed by atoms with Crippen LogP contribution >= 0.6 is 0 Å². The van der Waals surface area contributed by atoms with Crippen molar-refractivity contribution in [3.05, 3.63) is 77.0 Å². The highest BCUT2D eigenvalue weighted by molar-refractivity contribution is 6.54. The fraction of sp³-hybridized carbons (Fsp3) is 0.333. The molecule has 0 radical (unpaired) electrons. The van der Waals surface area contributed by atoms with Crippen LogP contribution in [0.3, 0.4) is 0 Å². The van der Waals surface area contributed by atoms with Crippen LogP contribution in [0.5, 0.6) is 0 Å². The summed E-state index contributed by atoms with van der Waals surface area (Å²) in [4.78, 5) is 25.9. The molecule has 0 fully saturated rings. The number of hydrogen-bond acceptors (Lipinski definition) is 2. The van der Waals surface area contributed by atoms with E-state index in [9.17, 15) is 9.59 Å². The van der Waals surface area contributed by atoms with Gasteiger partial charge in [0.1, 0.15) is 0 Å². The predicted octanol–water partition coefficient (Wildman–Crippen LogP) is 6.59. The maximum atomic E-state index is 13.1. The minimum atomic E-state index is -0.361. The van der Waals surface area contributed by atoms with Gasteiger partial charge in [0.15, 0.2) is 0 Å². The molecule has 0 spiro atoms. The van der Waals surface area contributed by atoms with E-state index < -0.39 is 0 Å². The molecule has 1 heterocycles. The molecule has 0 aliphatic heterocycles. The highest BCUT2D eigenvalue weighted by atomic mass is 16.2. The van der Waals surface area contributed by atoms with Crippen molar-refractivity contribution >= 4 is 28.0 Å². The monoisotopic (exact) mass is 399 g/mol. The van der Waals surface area contributed by atoms with E-state index >= 15 is 0 Å². The van der Waals surface area contributed by atoms with Crippen LogP contribution in [0.1, 0.15) is 74.0 Å². The van der Waals surface area contributed by atoms with Gasteiger partial charge in [-0.1, -0.05) is 81.1 Å². The van der Waals surface area contributed by atoms with Gasteiger partial charge in [0, 0.05) is 23.0 Å². The normalized spacial score (nSPS) is 13.9. The average molecular weight is 400 g/mol. The number of benzene rings is 2. The highest BCUT2D eigenvalue weighted by Crippen LogP contribution is 2.39. The number of hydrogen-bond donors (Lipinski definition) is 0. The van der Waals surface area contributed by atoms with E-state index in [1.54, 1.807) is 0 Å².